The van der Waals surface area contributed by atoms with E-state index in [1.807, 2.05) is 0 Å². The Balaban J connectivity index is 1.78. The average Bonchev–Trinajstić information content (AvgIpc) is 3.10. The molecule has 0 aromatic heterocycles. The highest BCUT2D eigenvalue weighted by atomic mass is 16.3. The lowest BCUT2D eigenvalue weighted by atomic mass is 9.81. The van der Waals surface area contributed by atoms with E-state index in [-0.39, 0.29) is 5.41 Å². The number of aliphatic hydroxyl groups is 1. The van der Waals surface area contributed by atoms with Gasteiger partial charge in [0, 0.05) is 12.5 Å². The fourth-order valence-corrected chi connectivity index (χ4v) is 4.22. The smallest absolute Gasteiger partial charge is 0.0936 e. The molecule has 1 aliphatic carbocycles. The molecule has 1 saturated carbocycles. The first-order valence-corrected chi connectivity index (χ1v) is 8.95. The minimum atomic E-state index is -0.612. The van der Waals surface area contributed by atoms with E-state index < -0.39 is 5.60 Å². The standard InChI is InChI=1S/C20H31NO/c1-19(2,3)16-8-10-17(11-9-16)20(22)12-6-7-18(20)15-21-13-4-5-14-21/h8-11,18,22H,4-7,12-15H2,1-3H3. The topological polar surface area (TPSA) is 23.5 Å². The van der Waals surface area contributed by atoms with Gasteiger partial charge in [0.15, 0.2) is 0 Å². The van der Waals surface area contributed by atoms with Gasteiger partial charge in [-0.2, -0.15) is 0 Å². The van der Waals surface area contributed by atoms with Crippen LogP contribution >= 0.6 is 0 Å². The summed E-state index contributed by atoms with van der Waals surface area (Å²) in [4.78, 5) is 2.55. The monoisotopic (exact) mass is 301 g/mol. The Morgan fingerprint density at radius 1 is 1.09 bits per heavy atom. The Morgan fingerprint density at radius 3 is 2.32 bits per heavy atom. The van der Waals surface area contributed by atoms with E-state index >= 15 is 0 Å². The van der Waals surface area contributed by atoms with Crippen molar-refractivity contribution >= 4 is 0 Å². The molecule has 2 nitrogen and oxygen atoms in total. The average molecular weight is 301 g/mol. The van der Waals surface area contributed by atoms with Crippen LogP contribution in [-0.4, -0.2) is 29.6 Å². The van der Waals surface area contributed by atoms with Crippen LogP contribution in [0.1, 0.15) is 64.0 Å². The minimum absolute atomic E-state index is 0.172. The number of hydrogen-bond acceptors (Lipinski definition) is 2. The Morgan fingerprint density at radius 2 is 1.73 bits per heavy atom. The maximum absolute atomic E-state index is 11.3. The lowest BCUT2D eigenvalue weighted by Gasteiger charge is -2.34. The van der Waals surface area contributed by atoms with Crippen molar-refractivity contribution < 1.29 is 5.11 Å². The van der Waals surface area contributed by atoms with Crippen molar-refractivity contribution in [3.05, 3.63) is 35.4 Å². The predicted molar refractivity (Wildman–Crippen MR) is 92.1 cm³/mol. The van der Waals surface area contributed by atoms with Crippen molar-refractivity contribution in [1.82, 2.24) is 4.90 Å². The SMILES string of the molecule is CC(C)(C)c1ccc(C2(O)CCCC2CN2CCCC2)cc1. The molecule has 1 N–H and O–H groups in total. The third-order valence-corrected chi connectivity index (χ3v) is 5.71. The van der Waals surface area contributed by atoms with Gasteiger partial charge in [0.2, 0.25) is 0 Å². The van der Waals surface area contributed by atoms with Crippen LogP contribution in [0, 0.1) is 5.92 Å². The minimum Gasteiger partial charge on any atom is -0.385 e. The molecule has 122 valence electrons. The van der Waals surface area contributed by atoms with Crippen molar-refractivity contribution in [2.45, 2.75) is 63.9 Å². The largest absolute Gasteiger partial charge is 0.385 e. The lowest BCUT2D eigenvalue weighted by molar-refractivity contribution is -0.0135. The first kappa shape index (κ1) is 16.0. The summed E-state index contributed by atoms with van der Waals surface area (Å²) in [5.41, 5.74) is 2.03. The zero-order valence-corrected chi connectivity index (χ0v) is 14.4. The molecule has 2 heteroatoms. The zero-order chi connectivity index (χ0) is 15.8. The van der Waals surface area contributed by atoms with Crippen LogP contribution in [0.5, 0.6) is 0 Å². The van der Waals surface area contributed by atoms with Gasteiger partial charge in [0.1, 0.15) is 0 Å². The van der Waals surface area contributed by atoms with Crippen LogP contribution < -0.4 is 0 Å². The van der Waals surface area contributed by atoms with Crippen LogP contribution in [-0.2, 0) is 11.0 Å². The van der Waals surface area contributed by atoms with E-state index in [1.165, 1.54) is 31.5 Å². The summed E-state index contributed by atoms with van der Waals surface area (Å²) in [5.74, 6) is 0.395. The molecule has 0 amide bonds. The van der Waals surface area contributed by atoms with Gasteiger partial charge in [-0.25, -0.2) is 0 Å². The van der Waals surface area contributed by atoms with Crippen molar-refractivity contribution in [1.29, 1.82) is 0 Å². The number of hydrogen-bond donors (Lipinski definition) is 1. The second-order valence-corrected chi connectivity index (χ2v) is 8.35. The summed E-state index contributed by atoms with van der Waals surface area (Å²) < 4.78 is 0. The summed E-state index contributed by atoms with van der Waals surface area (Å²) in [6, 6.07) is 8.75. The molecule has 1 aromatic rings. The second-order valence-electron chi connectivity index (χ2n) is 8.35. The molecule has 2 aliphatic rings. The number of likely N-dealkylation sites (tertiary alicyclic amines) is 1. The summed E-state index contributed by atoms with van der Waals surface area (Å²) in [7, 11) is 0. The number of rotatable bonds is 3. The van der Waals surface area contributed by atoms with Gasteiger partial charge in [-0.1, -0.05) is 45.0 Å². The molecule has 2 unspecified atom stereocenters. The van der Waals surface area contributed by atoms with Crippen molar-refractivity contribution in [2.24, 2.45) is 5.92 Å². The summed E-state index contributed by atoms with van der Waals surface area (Å²) in [6.07, 6.45) is 5.88. The van der Waals surface area contributed by atoms with E-state index in [0.717, 1.165) is 31.4 Å². The normalized spacial score (nSPS) is 30.1. The first-order valence-electron chi connectivity index (χ1n) is 8.95. The van der Waals surface area contributed by atoms with Gasteiger partial charge in [-0.3, -0.25) is 0 Å². The van der Waals surface area contributed by atoms with E-state index in [9.17, 15) is 5.11 Å². The van der Waals surface area contributed by atoms with E-state index in [2.05, 4.69) is 49.9 Å². The summed E-state index contributed by atoms with van der Waals surface area (Å²) >= 11 is 0. The highest BCUT2D eigenvalue weighted by molar-refractivity contribution is 5.32. The van der Waals surface area contributed by atoms with Gasteiger partial charge in [0.05, 0.1) is 5.60 Å². The highest BCUT2D eigenvalue weighted by Gasteiger charge is 2.43. The molecular weight excluding hydrogens is 270 g/mol. The maximum Gasteiger partial charge on any atom is 0.0936 e. The molecule has 2 atom stereocenters. The lowest BCUT2D eigenvalue weighted by Crippen LogP contribution is -2.38. The molecule has 3 rings (SSSR count). The second kappa shape index (κ2) is 5.98. The quantitative estimate of drug-likeness (QED) is 0.910. The Labute approximate surface area is 135 Å². The molecule has 1 aromatic carbocycles. The van der Waals surface area contributed by atoms with Gasteiger partial charge in [-0.05, 0) is 61.7 Å². The Hall–Kier alpha value is -0.860. The van der Waals surface area contributed by atoms with Crippen LogP contribution in [0.4, 0.5) is 0 Å². The fourth-order valence-electron chi connectivity index (χ4n) is 4.22. The van der Waals surface area contributed by atoms with E-state index in [0.29, 0.717) is 5.92 Å². The summed E-state index contributed by atoms with van der Waals surface area (Å²) in [5, 5.41) is 11.3. The molecule has 0 bridgehead atoms. The van der Waals surface area contributed by atoms with Gasteiger partial charge >= 0.3 is 0 Å². The molecule has 1 heterocycles. The third kappa shape index (κ3) is 3.09. The molecule has 0 radical (unpaired) electrons. The third-order valence-electron chi connectivity index (χ3n) is 5.71. The molecular formula is C20H31NO. The van der Waals surface area contributed by atoms with E-state index in [4.69, 9.17) is 0 Å². The Kier molecular flexibility index (Phi) is 4.35. The fraction of sp³-hybridized carbons (Fsp3) is 0.700. The van der Waals surface area contributed by atoms with Gasteiger partial charge < -0.3 is 10.0 Å². The van der Waals surface area contributed by atoms with Crippen LogP contribution in [0.3, 0.4) is 0 Å². The van der Waals surface area contributed by atoms with Crippen LogP contribution in [0.15, 0.2) is 24.3 Å². The van der Waals surface area contributed by atoms with Crippen LogP contribution in [0.25, 0.3) is 0 Å². The molecule has 1 aliphatic heterocycles. The van der Waals surface area contributed by atoms with Crippen molar-refractivity contribution in [2.75, 3.05) is 19.6 Å². The van der Waals surface area contributed by atoms with Gasteiger partial charge in [-0.15, -0.1) is 0 Å². The van der Waals surface area contributed by atoms with E-state index in [1.54, 1.807) is 0 Å². The molecule has 2 fully saturated rings. The van der Waals surface area contributed by atoms with Crippen LogP contribution in [0.2, 0.25) is 0 Å². The van der Waals surface area contributed by atoms with Crippen molar-refractivity contribution in [3.8, 4) is 0 Å². The maximum atomic E-state index is 11.3. The number of nitrogens with zero attached hydrogens (tertiary/aromatic N) is 1. The molecule has 22 heavy (non-hydrogen) atoms. The zero-order valence-electron chi connectivity index (χ0n) is 14.4. The molecule has 1 saturated heterocycles. The van der Waals surface area contributed by atoms with Crippen molar-refractivity contribution in [3.63, 3.8) is 0 Å². The summed E-state index contributed by atoms with van der Waals surface area (Å²) in [6.45, 7) is 10.2. The molecule has 0 spiro atoms. The van der Waals surface area contributed by atoms with Gasteiger partial charge in [0.25, 0.3) is 0 Å². The first-order chi connectivity index (χ1) is 10.4. The number of benzene rings is 1. The highest BCUT2D eigenvalue weighted by Crippen LogP contribution is 2.44. The predicted octanol–water partition coefficient (Wildman–Crippen LogP) is 4.07. The Bertz CT molecular complexity index is 495.